The Morgan fingerprint density at radius 3 is 2.60 bits per heavy atom. The maximum Gasteiger partial charge on any atom is 0.123 e. The summed E-state index contributed by atoms with van der Waals surface area (Å²) in [6.07, 6.45) is 1.94. The molecule has 1 heterocycles. The van der Waals surface area contributed by atoms with Crippen molar-refractivity contribution >= 4 is 28.2 Å². The van der Waals surface area contributed by atoms with Gasteiger partial charge in [-0.25, -0.2) is 4.39 Å². The van der Waals surface area contributed by atoms with Crippen LogP contribution in [0.5, 0.6) is 0 Å². The number of rotatable bonds is 4. The van der Waals surface area contributed by atoms with Gasteiger partial charge in [0.15, 0.2) is 0 Å². The maximum atomic E-state index is 12.8. The van der Waals surface area contributed by atoms with Crippen molar-refractivity contribution in [3.05, 3.63) is 65.6 Å². The lowest BCUT2D eigenvalue weighted by atomic mass is 10.2. The van der Waals surface area contributed by atoms with Crippen molar-refractivity contribution in [2.75, 3.05) is 11.9 Å². The zero-order chi connectivity index (χ0) is 13.9. The van der Waals surface area contributed by atoms with Crippen LogP contribution in [0.4, 0.5) is 10.1 Å². The summed E-state index contributed by atoms with van der Waals surface area (Å²) < 4.78 is 14.9. The quantitative estimate of drug-likeness (QED) is 0.745. The Morgan fingerprint density at radius 1 is 1.05 bits per heavy atom. The van der Waals surface area contributed by atoms with Gasteiger partial charge in [0.1, 0.15) is 5.82 Å². The number of nitrogens with one attached hydrogen (secondary N) is 1. The van der Waals surface area contributed by atoms with Crippen LogP contribution in [0.1, 0.15) is 0 Å². The number of hydrogen-bond donors (Lipinski definition) is 1. The van der Waals surface area contributed by atoms with E-state index in [1.54, 1.807) is 12.1 Å². The fraction of sp³-hybridized carbons (Fsp3) is 0.125. The molecule has 4 heteroatoms. The van der Waals surface area contributed by atoms with E-state index in [4.69, 9.17) is 11.6 Å². The molecule has 3 rings (SSSR count). The van der Waals surface area contributed by atoms with Gasteiger partial charge in [0.05, 0.1) is 5.02 Å². The predicted molar refractivity (Wildman–Crippen MR) is 81.8 cm³/mol. The summed E-state index contributed by atoms with van der Waals surface area (Å²) in [6, 6.07) is 14.4. The molecule has 2 aromatic carbocycles. The molecule has 0 spiro atoms. The molecule has 0 saturated heterocycles. The number of benzene rings is 2. The summed E-state index contributed by atoms with van der Waals surface area (Å²) in [5.41, 5.74) is 2.03. The van der Waals surface area contributed by atoms with Crippen LogP contribution in [0, 0.1) is 5.82 Å². The van der Waals surface area contributed by atoms with Gasteiger partial charge in [-0.2, -0.15) is 0 Å². The molecule has 0 aliphatic carbocycles. The summed E-state index contributed by atoms with van der Waals surface area (Å²) in [4.78, 5) is 0. The summed E-state index contributed by atoms with van der Waals surface area (Å²) in [5, 5.41) is 5.10. The number of fused-ring (bicyclic) bond motifs is 1. The zero-order valence-corrected chi connectivity index (χ0v) is 11.6. The normalized spacial score (nSPS) is 10.9. The molecular formula is C16H14ClFN2. The van der Waals surface area contributed by atoms with E-state index in [1.165, 1.54) is 12.1 Å². The highest BCUT2D eigenvalue weighted by molar-refractivity contribution is 6.35. The average molecular weight is 289 g/mol. The van der Waals surface area contributed by atoms with Gasteiger partial charge in [0.2, 0.25) is 0 Å². The third-order valence-electron chi connectivity index (χ3n) is 3.27. The molecule has 0 fully saturated rings. The number of aromatic nitrogens is 1. The van der Waals surface area contributed by atoms with Gasteiger partial charge in [0.25, 0.3) is 0 Å². The standard InChI is InChI=1S/C16H14ClFN2/c17-15-11-20(16-4-2-1-3-14(15)16)10-9-19-13-7-5-12(18)6-8-13/h1-8,11,19H,9-10H2. The maximum absolute atomic E-state index is 12.8. The van der Waals surface area contributed by atoms with Gasteiger partial charge in [-0.1, -0.05) is 29.8 Å². The molecule has 20 heavy (non-hydrogen) atoms. The molecule has 0 atom stereocenters. The van der Waals surface area contributed by atoms with Crippen molar-refractivity contribution in [3.63, 3.8) is 0 Å². The van der Waals surface area contributed by atoms with Gasteiger partial charge < -0.3 is 9.88 Å². The van der Waals surface area contributed by atoms with E-state index in [0.717, 1.165) is 34.7 Å². The van der Waals surface area contributed by atoms with Crippen molar-refractivity contribution < 1.29 is 4.39 Å². The summed E-state index contributed by atoms with van der Waals surface area (Å²) in [5.74, 6) is -0.223. The SMILES string of the molecule is Fc1ccc(NCCn2cc(Cl)c3ccccc32)cc1. The van der Waals surface area contributed by atoms with E-state index < -0.39 is 0 Å². The van der Waals surface area contributed by atoms with E-state index in [2.05, 4.69) is 16.0 Å². The second-order valence-electron chi connectivity index (χ2n) is 4.62. The van der Waals surface area contributed by atoms with Gasteiger partial charge >= 0.3 is 0 Å². The van der Waals surface area contributed by atoms with Crippen LogP contribution in [-0.4, -0.2) is 11.1 Å². The minimum absolute atomic E-state index is 0.223. The molecule has 0 bridgehead atoms. The molecule has 2 nitrogen and oxygen atoms in total. The van der Waals surface area contributed by atoms with E-state index >= 15 is 0 Å². The first kappa shape index (κ1) is 13.0. The molecule has 3 aromatic rings. The lowest BCUT2D eigenvalue weighted by molar-refractivity contribution is 0.628. The Kier molecular flexibility index (Phi) is 3.61. The Hall–Kier alpha value is -2.00. The first-order chi connectivity index (χ1) is 9.74. The Balaban J connectivity index is 1.70. The first-order valence-corrected chi connectivity index (χ1v) is 6.84. The number of hydrogen-bond acceptors (Lipinski definition) is 1. The first-order valence-electron chi connectivity index (χ1n) is 6.47. The molecule has 0 unspecified atom stereocenters. The van der Waals surface area contributed by atoms with Crippen molar-refractivity contribution in [3.8, 4) is 0 Å². The number of anilines is 1. The van der Waals surface area contributed by atoms with Crippen molar-refractivity contribution in [1.82, 2.24) is 4.57 Å². The second kappa shape index (κ2) is 5.55. The fourth-order valence-electron chi connectivity index (χ4n) is 2.28. The molecular weight excluding hydrogens is 275 g/mol. The lowest BCUT2D eigenvalue weighted by Gasteiger charge is -2.08. The van der Waals surface area contributed by atoms with Crippen molar-refractivity contribution in [2.45, 2.75) is 6.54 Å². The van der Waals surface area contributed by atoms with Crippen LogP contribution >= 0.6 is 11.6 Å². The van der Waals surface area contributed by atoms with E-state index in [9.17, 15) is 4.39 Å². The highest BCUT2D eigenvalue weighted by Gasteiger charge is 2.05. The molecule has 102 valence electrons. The van der Waals surface area contributed by atoms with Gasteiger partial charge in [-0.15, -0.1) is 0 Å². The molecule has 0 radical (unpaired) electrons. The van der Waals surface area contributed by atoms with Crippen LogP contribution in [0.3, 0.4) is 0 Å². The highest BCUT2D eigenvalue weighted by Crippen LogP contribution is 2.25. The number of para-hydroxylation sites is 1. The third kappa shape index (κ3) is 2.63. The van der Waals surface area contributed by atoms with Crippen molar-refractivity contribution in [2.24, 2.45) is 0 Å². The summed E-state index contributed by atoms with van der Waals surface area (Å²) in [7, 11) is 0. The Labute approximate surface area is 121 Å². The highest BCUT2D eigenvalue weighted by atomic mass is 35.5. The van der Waals surface area contributed by atoms with Crippen LogP contribution in [0.25, 0.3) is 10.9 Å². The monoisotopic (exact) mass is 288 g/mol. The van der Waals surface area contributed by atoms with Gasteiger partial charge in [-0.3, -0.25) is 0 Å². The largest absolute Gasteiger partial charge is 0.383 e. The molecule has 0 saturated carbocycles. The predicted octanol–water partition coefficient (Wildman–Crippen LogP) is 4.55. The zero-order valence-electron chi connectivity index (χ0n) is 10.8. The Morgan fingerprint density at radius 2 is 1.80 bits per heavy atom. The van der Waals surface area contributed by atoms with E-state index in [1.807, 2.05) is 24.4 Å². The Bertz CT molecular complexity index is 719. The van der Waals surface area contributed by atoms with Gasteiger partial charge in [-0.05, 0) is 30.3 Å². The summed E-state index contributed by atoms with van der Waals surface area (Å²) >= 11 is 6.21. The molecule has 0 aliphatic rings. The summed E-state index contributed by atoms with van der Waals surface area (Å²) in [6.45, 7) is 1.55. The van der Waals surface area contributed by atoms with Crippen LogP contribution < -0.4 is 5.32 Å². The third-order valence-corrected chi connectivity index (χ3v) is 3.57. The van der Waals surface area contributed by atoms with Crippen LogP contribution in [-0.2, 0) is 6.54 Å². The van der Waals surface area contributed by atoms with Crippen molar-refractivity contribution in [1.29, 1.82) is 0 Å². The second-order valence-corrected chi connectivity index (χ2v) is 5.03. The number of halogens is 2. The molecule has 0 aliphatic heterocycles. The fourth-order valence-corrected chi connectivity index (χ4v) is 2.55. The van der Waals surface area contributed by atoms with E-state index in [0.29, 0.717) is 0 Å². The topological polar surface area (TPSA) is 17.0 Å². The van der Waals surface area contributed by atoms with Gasteiger partial charge in [0, 0.05) is 35.9 Å². The van der Waals surface area contributed by atoms with Crippen LogP contribution in [0.15, 0.2) is 54.7 Å². The minimum Gasteiger partial charge on any atom is -0.383 e. The minimum atomic E-state index is -0.223. The van der Waals surface area contributed by atoms with Crippen LogP contribution in [0.2, 0.25) is 5.02 Å². The smallest absolute Gasteiger partial charge is 0.123 e. The lowest BCUT2D eigenvalue weighted by Crippen LogP contribution is -2.09. The average Bonchev–Trinajstić information content (AvgIpc) is 2.79. The molecule has 0 amide bonds. The van der Waals surface area contributed by atoms with E-state index in [-0.39, 0.29) is 5.82 Å². The molecule has 1 aromatic heterocycles. The number of nitrogens with zero attached hydrogens (tertiary/aromatic N) is 1. The molecule has 1 N–H and O–H groups in total.